The third-order valence-electron chi connectivity index (χ3n) is 6.77. The Kier molecular flexibility index (Phi) is 6.54. The largest absolute Gasteiger partial charge is 0.491 e. The fraction of sp³-hybridized carbons (Fsp3) is 0.583. The maximum Gasteiger partial charge on any atom is 0.256 e. The number of nitrogens with one attached hydrogen (secondary N) is 1. The van der Waals surface area contributed by atoms with Crippen molar-refractivity contribution in [3.8, 4) is 11.6 Å². The SMILES string of the molecule is COc1cc(CNCC[C@@]2(c3ccccn3)CCOC3(CCCC3)C2)cnc1OC. The number of rotatable bonds is 8. The predicted molar refractivity (Wildman–Crippen MR) is 116 cm³/mol. The van der Waals surface area contributed by atoms with E-state index in [1.165, 1.54) is 31.4 Å². The summed E-state index contributed by atoms with van der Waals surface area (Å²) < 4.78 is 16.9. The molecule has 2 aliphatic rings. The Morgan fingerprint density at radius 3 is 2.70 bits per heavy atom. The van der Waals surface area contributed by atoms with Crippen LogP contribution >= 0.6 is 0 Å². The van der Waals surface area contributed by atoms with Crippen LogP contribution in [0.3, 0.4) is 0 Å². The number of hydrogen-bond acceptors (Lipinski definition) is 6. The summed E-state index contributed by atoms with van der Waals surface area (Å²) >= 11 is 0. The zero-order valence-electron chi connectivity index (χ0n) is 18.2. The number of pyridine rings is 2. The molecule has 3 heterocycles. The average molecular weight is 412 g/mol. The molecular weight excluding hydrogens is 378 g/mol. The lowest BCUT2D eigenvalue weighted by molar-refractivity contribution is -0.104. The maximum absolute atomic E-state index is 6.34. The van der Waals surface area contributed by atoms with Gasteiger partial charge in [-0.15, -0.1) is 0 Å². The van der Waals surface area contributed by atoms with Crippen LogP contribution in [0.15, 0.2) is 36.7 Å². The Balaban J connectivity index is 1.43. The molecule has 1 spiro atoms. The van der Waals surface area contributed by atoms with Gasteiger partial charge in [-0.2, -0.15) is 0 Å². The summed E-state index contributed by atoms with van der Waals surface area (Å²) in [7, 11) is 3.24. The molecule has 1 saturated heterocycles. The summed E-state index contributed by atoms with van der Waals surface area (Å²) in [5.74, 6) is 1.17. The monoisotopic (exact) mass is 411 g/mol. The van der Waals surface area contributed by atoms with E-state index in [9.17, 15) is 0 Å². The average Bonchev–Trinajstić information content (AvgIpc) is 3.24. The van der Waals surface area contributed by atoms with Crippen LogP contribution in [-0.4, -0.2) is 42.9 Å². The Labute approximate surface area is 179 Å². The van der Waals surface area contributed by atoms with E-state index >= 15 is 0 Å². The minimum Gasteiger partial charge on any atom is -0.491 e. The van der Waals surface area contributed by atoms with Gasteiger partial charge in [-0.3, -0.25) is 4.98 Å². The number of ether oxygens (including phenoxy) is 3. The lowest BCUT2D eigenvalue weighted by Crippen LogP contribution is -2.47. The van der Waals surface area contributed by atoms with E-state index in [0.717, 1.165) is 44.5 Å². The second-order valence-electron chi connectivity index (χ2n) is 8.64. The van der Waals surface area contributed by atoms with Crippen LogP contribution < -0.4 is 14.8 Å². The van der Waals surface area contributed by atoms with E-state index in [1.54, 1.807) is 14.2 Å². The van der Waals surface area contributed by atoms with Gasteiger partial charge in [0.15, 0.2) is 5.75 Å². The highest BCUT2D eigenvalue weighted by atomic mass is 16.5. The summed E-state index contributed by atoms with van der Waals surface area (Å²) in [6, 6.07) is 8.30. The molecule has 4 rings (SSSR count). The standard InChI is InChI=1S/C24H33N3O3/c1-28-20-15-19(17-27-22(20)29-2)16-25-13-10-23(21-7-3-6-12-26-21)11-14-30-24(18-23)8-4-5-9-24/h3,6-7,12,15,17,25H,4-5,8-11,13-14,16,18H2,1-2H3/t23-/m1/s1. The van der Waals surface area contributed by atoms with Crippen molar-refractivity contribution in [1.82, 2.24) is 15.3 Å². The number of methoxy groups -OCH3 is 2. The molecule has 0 bridgehead atoms. The molecule has 1 saturated carbocycles. The molecular formula is C24H33N3O3. The first-order valence-electron chi connectivity index (χ1n) is 11.0. The molecule has 0 radical (unpaired) electrons. The molecule has 162 valence electrons. The second kappa shape index (κ2) is 9.31. The van der Waals surface area contributed by atoms with Crippen LogP contribution in [-0.2, 0) is 16.7 Å². The van der Waals surface area contributed by atoms with Gasteiger partial charge >= 0.3 is 0 Å². The summed E-state index contributed by atoms with van der Waals surface area (Å²) in [6.45, 7) is 2.49. The fourth-order valence-corrected chi connectivity index (χ4v) is 5.23. The highest BCUT2D eigenvalue weighted by Gasteiger charge is 2.48. The van der Waals surface area contributed by atoms with Crippen molar-refractivity contribution in [1.29, 1.82) is 0 Å². The fourth-order valence-electron chi connectivity index (χ4n) is 5.23. The Morgan fingerprint density at radius 1 is 1.10 bits per heavy atom. The number of hydrogen-bond donors (Lipinski definition) is 1. The van der Waals surface area contributed by atoms with Gasteiger partial charge < -0.3 is 19.5 Å². The predicted octanol–water partition coefficient (Wildman–Crippen LogP) is 4.03. The Hall–Kier alpha value is -2.18. The summed E-state index contributed by atoms with van der Waals surface area (Å²) in [5.41, 5.74) is 2.43. The first-order valence-corrected chi connectivity index (χ1v) is 11.0. The molecule has 1 aliphatic carbocycles. The van der Waals surface area contributed by atoms with E-state index in [4.69, 9.17) is 19.2 Å². The van der Waals surface area contributed by atoms with Gasteiger partial charge in [-0.25, -0.2) is 4.98 Å². The normalized spacial score (nSPS) is 22.9. The molecule has 2 aromatic rings. The molecule has 0 aromatic carbocycles. The quantitative estimate of drug-likeness (QED) is 0.662. The van der Waals surface area contributed by atoms with Gasteiger partial charge in [-0.1, -0.05) is 18.9 Å². The second-order valence-corrected chi connectivity index (χ2v) is 8.64. The minimum atomic E-state index is 0.0586. The van der Waals surface area contributed by atoms with Crippen molar-refractivity contribution < 1.29 is 14.2 Å². The molecule has 0 amide bonds. The third-order valence-corrected chi connectivity index (χ3v) is 6.77. The Morgan fingerprint density at radius 2 is 1.97 bits per heavy atom. The first kappa shape index (κ1) is 21.1. The van der Waals surface area contributed by atoms with Crippen molar-refractivity contribution in [2.24, 2.45) is 0 Å². The van der Waals surface area contributed by atoms with Gasteiger partial charge in [0.2, 0.25) is 0 Å². The molecule has 2 aromatic heterocycles. The van der Waals surface area contributed by atoms with Gasteiger partial charge in [0.25, 0.3) is 5.88 Å². The smallest absolute Gasteiger partial charge is 0.256 e. The van der Waals surface area contributed by atoms with Crippen LogP contribution in [0.5, 0.6) is 11.6 Å². The van der Waals surface area contributed by atoms with Crippen molar-refractivity contribution in [2.75, 3.05) is 27.4 Å². The number of nitrogens with zero attached hydrogens (tertiary/aromatic N) is 2. The van der Waals surface area contributed by atoms with Crippen molar-refractivity contribution in [3.63, 3.8) is 0 Å². The minimum absolute atomic E-state index is 0.0586. The lowest BCUT2D eigenvalue weighted by atomic mass is 9.68. The zero-order chi connectivity index (χ0) is 20.9. The molecule has 6 heteroatoms. The third kappa shape index (κ3) is 4.44. The molecule has 6 nitrogen and oxygen atoms in total. The summed E-state index contributed by atoms with van der Waals surface area (Å²) in [6.07, 6.45) is 11.9. The molecule has 1 N–H and O–H groups in total. The number of aromatic nitrogens is 2. The van der Waals surface area contributed by atoms with Crippen molar-refractivity contribution in [2.45, 2.75) is 62.5 Å². The van der Waals surface area contributed by atoms with E-state index in [2.05, 4.69) is 22.4 Å². The topological polar surface area (TPSA) is 65.5 Å². The van der Waals surface area contributed by atoms with Crippen molar-refractivity contribution in [3.05, 3.63) is 47.9 Å². The molecule has 1 atom stereocenters. The van der Waals surface area contributed by atoms with Gasteiger partial charge in [-0.05, 0) is 62.4 Å². The maximum atomic E-state index is 6.34. The van der Waals surface area contributed by atoms with E-state index in [1.807, 2.05) is 24.5 Å². The van der Waals surface area contributed by atoms with Gasteiger partial charge in [0.05, 0.1) is 19.8 Å². The van der Waals surface area contributed by atoms with Gasteiger partial charge in [0.1, 0.15) is 0 Å². The van der Waals surface area contributed by atoms with Crippen LogP contribution in [0.4, 0.5) is 0 Å². The van der Waals surface area contributed by atoms with Crippen molar-refractivity contribution >= 4 is 0 Å². The van der Waals surface area contributed by atoms with Crippen LogP contribution in [0.2, 0.25) is 0 Å². The van der Waals surface area contributed by atoms with Crippen LogP contribution in [0.25, 0.3) is 0 Å². The summed E-state index contributed by atoms with van der Waals surface area (Å²) in [5, 5.41) is 3.61. The lowest BCUT2D eigenvalue weighted by Gasteiger charge is -2.46. The molecule has 0 unspecified atom stereocenters. The zero-order valence-corrected chi connectivity index (χ0v) is 18.2. The summed E-state index contributed by atoms with van der Waals surface area (Å²) in [4.78, 5) is 9.12. The Bertz CT molecular complexity index is 824. The van der Waals surface area contributed by atoms with E-state index < -0.39 is 0 Å². The van der Waals surface area contributed by atoms with Gasteiger partial charge in [0, 0.05) is 36.7 Å². The molecule has 30 heavy (non-hydrogen) atoms. The first-order chi connectivity index (χ1) is 14.7. The van der Waals surface area contributed by atoms with E-state index in [0.29, 0.717) is 11.6 Å². The molecule has 1 aliphatic heterocycles. The van der Waals surface area contributed by atoms with Crippen LogP contribution in [0, 0.1) is 0 Å². The highest BCUT2D eigenvalue weighted by molar-refractivity contribution is 5.36. The van der Waals surface area contributed by atoms with E-state index in [-0.39, 0.29) is 11.0 Å². The van der Waals surface area contributed by atoms with Crippen LogP contribution in [0.1, 0.15) is 56.2 Å². The molecule has 2 fully saturated rings. The highest BCUT2D eigenvalue weighted by Crippen LogP contribution is 2.49.